The molecule has 4 nitrogen and oxygen atoms in total. The van der Waals surface area contributed by atoms with Gasteiger partial charge in [-0.05, 0) is 19.9 Å². The number of hydrogen-bond acceptors (Lipinski definition) is 5. The number of aromatic nitrogens is 1. The van der Waals surface area contributed by atoms with E-state index in [1.165, 1.54) is 5.69 Å². The van der Waals surface area contributed by atoms with Gasteiger partial charge in [0.05, 0.1) is 16.8 Å². The van der Waals surface area contributed by atoms with Crippen LogP contribution in [0.3, 0.4) is 0 Å². The van der Waals surface area contributed by atoms with Gasteiger partial charge in [0.1, 0.15) is 0 Å². The van der Waals surface area contributed by atoms with Crippen LogP contribution in [0.15, 0.2) is 5.38 Å². The van der Waals surface area contributed by atoms with Gasteiger partial charge in [0.2, 0.25) is 0 Å². The second-order valence-corrected chi connectivity index (χ2v) is 4.80. The Morgan fingerprint density at radius 3 is 2.94 bits per heavy atom. The molecule has 0 radical (unpaired) electrons. The summed E-state index contributed by atoms with van der Waals surface area (Å²) < 4.78 is 5.19. The van der Waals surface area contributed by atoms with Crippen LogP contribution in [0.4, 0.5) is 0 Å². The topological polar surface area (TPSA) is 60.2 Å². The van der Waals surface area contributed by atoms with Crippen molar-refractivity contribution in [1.29, 1.82) is 0 Å². The lowest BCUT2D eigenvalue weighted by Crippen LogP contribution is -2.28. The highest BCUT2D eigenvalue weighted by Gasteiger charge is 2.03. The molecular weight excluding hydrogens is 222 g/mol. The molecule has 3 N–H and O–H groups in total. The Morgan fingerprint density at radius 2 is 2.38 bits per heavy atom. The zero-order chi connectivity index (χ0) is 11.8. The van der Waals surface area contributed by atoms with Crippen molar-refractivity contribution >= 4 is 11.3 Å². The Labute approximate surface area is 101 Å². The van der Waals surface area contributed by atoms with Crippen LogP contribution in [0.25, 0.3) is 0 Å². The molecule has 0 saturated carbocycles. The van der Waals surface area contributed by atoms with Crippen LogP contribution in [-0.4, -0.2) is 37.8 Å². The van der Waals surface area contributed by atoms with Crippen molar-refractivity contribution in [3.8, 4) is 0 Å². The molecule has 0 aliphatic rings. The fourth-order valence-electron chi connectivity index (χ4n) is 1.46. The summed E-state index contributed by atoms with van der Waals surface area (Å²) in [6, 6.07) is 0. The minimum absolute atomic E-state index is 0.175. The predicted molar refractivity (Wildman–Crippen MR) is 67.9 cm³/mol. The number of nitrogens with two attached hydrogens (primary N) is 1. The number of methoxy groups -OCH3 is 1. The summed E-state index contributed by atoms with van der Waals surface area (Å²) >= 11 is 1.70. The zero-order valence-corrected chi connectivity index (χ0v) is 10.8. The summed E-state index contributed by atoms with van der Waals surface area (Å²) in [7, 11) is 1.70. The second-order valence-electron chi connectivity index (χ2n) is 3.74. The molecule has 0 saturated heterocycles. The molecule has 16 heavy (non-hydrogen) atoms. The van der Waals surface area contributed by atoms with Crippen molar-refractivity contribution < 1.29 is 4.74 Å². The third-order valence-corrected chi connectivity index (χ3v) is 3.29. The summed E-state index contributed by atoms with van der Waals surface area (Å²) in [4.78, 5) is 4.41. The predicted octanol–water partition coefficient (Wildman–Crippen LogP) is 0.947. The van der Waals surface area contributed by atoms with Crippen LogP contribution in [0.1, 0.15) is 17.1 Å². The van der Waals surface area contributed by atoms with E-state index in [1.807, 2.05) is 6.92 Å². The average Bonchev–Trinajstić information content (AvgIpc) is 2.70. The molecule has 0 aliphatic heterocycles. The Kier molecular flexibility index (Phi) is 6.56. The van der Waals surface area contributed by atoms with E-state index in [9.17, 15) is 0 Å². The molecule has 1 aromatic rings. The minimum atomic E-state index is 0.175. The van der Waals surface area contributed by atoms with E-state index in [1.54, 1.807) is 18.4 Å². The van der Waals surface area contributed by atoms with Gasteiger partial charge in [-0.2, -0.15) is 0 Å². The number of rotatable bonds is 8. The molecule has 92 valence electrons. The zero-order valence-electron chi connectivity index (χ0n) is 10.0. The van der Waals surface area contributed by atoms with E-state index in [4.69, 9.17) is 10.5 Å². The van der Waals surface area contributed by atoms with E-state index in [-0.39, 0.29) is 6.10 Å². The van der Waals surface area contributed by atoms with Crippen LogP contribution < -0.4 is 11.1 Å². The third-order valence-electron chi connectivity index (χ3n) is 2.46. The van der Waals surface area contributed by atoms with E-state index < -0.39 is 0 Å². The molecule has 0 bridgehead atoms. The standard InChI is InChI=1S/C11H21N3OS/c1-9-14-10(8-16-9)3-5-13-6-4-11(7-12)15-2/h8,11,13H,3-7,12H2,1-2H3. The Bertz CT molecular complexity index is 287. The first kappa shape index (κ1) is 13.6. The quantitative estimate of drug-likeness (QED) is 0.667. The smallest absolute Gasteiger partial charge is 0.0897 e. The summed E-state index contributed by atoms with van der Waals surface area (Å²) in [6.07, 6.45) is 2.13. The van der Waals surface area contributed by atoms with Gasteiger partial charge < -0.3 is 15.8 Å². The van der Waals surface area contributed by atoms with Gasteiger partial charge in [0.15, 0.2) is 0 Å². The maximum absolute atomic E-state index is 5.53. The third kappa shape index (κ3) is 5.03. The van der Waals surface area contributed by atoms with Crippen molar-refractivity contribution in [3.05, 3.63) is 16.1 Å². The van der Waals surface area contributed by atoms with Crippen molar-refractivity contribution in [2.75, 3.05) is 26.7 Å². The normalized spacial score (nSPS) is 12.9. The Morgan fingerprint density at radius 1 is 1.56 bits per heavy atom. The first-order chi connectivity index (χ1) is 7.76. The second kappa shape index (κ2) is 7.73. The average molecular weight is 243 g/mol. The largest absolute Gasteiger partial charge is 0.380 e. The first-order valence-corrected chi connectivity index (χ1v) is 6.48. The van der Waals surface area contributed by atoms with Crippen molar-refractivity contribution in [2.24, 2.45) is 5.73 Å². The number of nitrogens with zero attached hydrogens (tertiary/aromatic N) is 1. The summed E-state index contributed by atoms with van der Waals surface area (Å²) in [6.45, 7) is 4.53. The number of thiazole rings is 1. The van der Waals surface area contributed by atoms with Crippen LogP contribution >= 0.6 is 11.3 Å². The molecule has 0 aliphatic carbocycles. The van der Waals surface area contributed by atoms with Crippen molar-refractivity contribution in [1.82, 2.24) is 10.3 Å². The molecule has 0 spiro atoms. The molecule has 1 heterocycles. The SMILES string of the molecule is COC(CN)CCNCCc1csc(C)n1. The molecule has 1 rings (SSSR count). The highest BCUT2D eigenvalue weighted by molar-refractivity contribution is 7.09. The highest BCUT2D eigenvalue weighted by Crippen LogP contribution is 2.07. The lowest BCUT2D eigenvalue weighted by molar-refractivity contribution is 0.102. The lowest BCUT2D eigenvalue weighted by atomic mass is 10.2. The Balaban J connectivity index is 2.04. The maximum Gasteiger partial charge on any atom is 0.0897 e. The molecule has 0 fully saturated rings. The van der Waals surface area contributed by atoms with Gasteiger partial charge in [0, 0.05) is 32.0 Å². The number of hydrogen-bond donors (Lipinski definition) is 2. The maximum atomic E-state index is 5.53. The lowest BCUT2D eigenvalue weighted by Gasteiger charge is -2.12. The van der Waals surface area contributed by atoms with E-state index in [0.717, 1.165) is 30.9 Å². The van der Waals surface area contributed by atoms with Crippen LogP contribution in [-0.2, 0) is 11.2 Å². The molecule has 1 unspecified atom stereocenters. The van der Waals surface area contributed by atoms with Gasteiger partial charge in [-0.25, -0.2) is 4.98 Å². The number of nitrogens with one attached hydrogen (secondary N) is 1. The summed E-state index contributed by atoms with van der Waals surface area (Å²) in [5, 5.41) is 6.63. The van der Waals surface area contributed by atoms with Crippen LogP contribution in [0.2, 0.25) is 0 Å². The van der Waals surface area contributed by atoms with Crippen molar-refractivity contribution in [2.45, 2.75) is 25.9 Å². The van der Waals surface area contributed by atoms with Gasteiger partial charge in [-0.15, -0.1) is 11.3 Å². The fraction of sp³-hybridized carbons (Fsp3) is 0.727. The van der Waals surface area contributed by atoms with Crippen LogP contribution in [0, 0.1) is 6.92 Å². The van der Waals surface area contributed by atoms with E-state index >= 15 is 0 Å². The monoisotopic (exact) mass is 243 g/mol. The van der Waals surface area contributed by atoms with Gasteiger partial charge in [-0.3, -0.25) is 0 Å². The first-order valence-electron chi connectivity index (χ1n) is 5.61. The van der Waals surface area contributed by atoms with Gasteiger partial charge in [-0.1, -0.05) is 0 Å². The number of aryl methyl sites for hydroxylation is 1. The molecule has 1 aromatic heterocycles. The molecule has 1 atom stereocenters. The van der Waals surface area contributed by atoms with Gasteiger partial charge in [0.25, 0.3) is 0 Å². The summed E-state index contributed by atoms with van der Waals surface area (Å²) in [5.74, 6) is 0. The van der Waals surface area contributed by atoms with Crippen LogP contribution in [0.5, 0.6) is 0 Å². The molecule has 0 amide bonds. The highest BCUT2D eigenvalue weighted by atomic mass is 32.1. The van der Waals surface area contributed by atoms with E-state index in [2.05, 4.69) is 15.7 Å². The van der Waals surface area contributed by atoms with Crippen molar-refractivity contribution in [3.63, 3.8) is 0 Å². The molecule has 0 aromatic carbocycles. The fourth-order valence-corrected chi connectivity index (χ4v) is 2.11. The number of ether oxygens (including phenoxy) is 1. The Hall–Kier alpha value is -0.490. The summed E-state index contributed by atoms with van der Waals surface area (Å²) in [5.41, 5.74) is 6.71. The molecule has 5 heteroatoms. The van der Waals surface area contributed by atoms with Gasteiger partial charge >= 0.3 is 0 Å². The molecular formula is C11H21N3OS. The minimum Gasteiger partial charge on any atom is -0.380 e. The van der Waals surface area contributed by atoms with E-state index in [0.29, 0.717) is 6.54 Å².